The van der Waals surface area contributed by atoms with Crippen molar-refractivity contribution in [1.82, 2.24) is 9.78 Å². The van der Waals surface area contributed by atoms with Crippen LogP contribution in [-0.4, -0.2) is 24.0 Å². The lowest BCUT2D eigenvalue weighted by Gasteiger charge is -2.11. The van der Waals surface area contributed by atoms with Crippen molar-refractivity contribution in [3.8, 4) is 11.5 Å². The first kappa shape index (κ1) is 13.3. The molecule has 0 unspecified atom stereocenters. The largest absolute Gasteiger partial charge is 0.493 e. The van der Waals surface area contributed by atoms with E-state index in [9.17, 15) is 0 Å². The van der Waals surface area contributed by atoms with Gasteiger partial charge in [0.2, 0.25) is 0 Å². The summed E-state index contributed by atoms with van der Waals surface area (Å²) in [5, 5.41) is 7.66. The van der Waals surface area contributed by atoms with Crippen LogP contribution < -0.4 is 14.8 Å². The van der Waals surface area contributed by atoms with Gasteiger partial charge < -0.3 is 14.8 Å². The van der Waals surface area contributed by atoms with E-state index in [1.165, 1.54) is 0 Å². The summed E-state index contributed by atoms with van der Waals surface area (Å²) in [5.74, 6) is 1.44. The third kappa shape index (κ3) is 2.99. The standard InChI is InChI=1S/C14H19N3O2/c1-10-7-12(17(2)16-10)9-15-11-5-6-13(18-3)14(8-11)19-4/h5-8,15H,9H2,1-4H3. The Balaban J connectivity index is 2.09. The Labute approximate surface area is 113 Å². The lowest BCUT2D eigenvalue weighted by Crippen LogP contribution is -2.05. The van der Waals surface area contributed by atoms with Gasteiger partial charge in [0.05, 0.1) is 32.2 Å². The maximum absolute atomic E-state index is 5.27. The molecular formula is C14H19N3O2. The second-order valence-corrected chi connectivity index (χ2v) is 4.32. The number of aryl methyl sites for hydroxylation is 2. The van der Waals surface area contributed by atoms with E-state index in [0.717, 1.165) is 22.8 Å². The molecule has 5 nitrogen and oxygen atoms in total. The van der Waals surface area contributed by atoms with Gasteiger partial charge in [0, 0.05) is 18.8 Å². The van der Waals surface area contributed by atoms with Crippen molar-refractivity contribution in [2.24, 2.45) is 7.05 Å². The Bertz CT molecular complexity index is 564. The minimum Gasteiger partial charge on any atom is -0.493 e. The van der Waals surface area contributed by atoms with Gasteiger partial charge >= 0.3 is 0 Å². The van der Waals surface area contributed by atoms with Crippen molar-refractivity contribution in [1.29, 1.82) is 0 Å². The molecule has 0 spiro atoms. The lowest BCUT2D eigenvalue weighted by atomic mass is 10.2. The first-order valence-electron chi connectivity index (χ1n) is 6.09. The predicted octanol–water partition coefficient (Wildman–Crippen LogP) is 2.36. The molecule has 0 aliphatic heterocycles. The van der Waals surface area contributed by atoms with Gasteiger partial charge in [0.25, 0.3) is 0 Å². The van der Waals surface area contributed by atoms with Crippen LogP contribution in [0.2, 0.25) is 0 Å². The summed E-state index contributed by atoms with van der Waals surface area (Å²) in [5.41, 5.74) is 3.13. The minimum absolute atomic E-state index is 0.715. The fourth-order valence-electron chi connectivity index (χ4n) is 1.97. The van der Waals surface area contributed by atoms with Crippen molar-refractivity contribution in [3.05, 3.63) is 35.7 Å². The zero-order valence-corrected chi connectivity index (χ0v) is 11.7. The van der Waals surface area contributed by atoms with Crippen LogP contribution in [0, 0.1) is 6.92 Å². The van der Waals surface area contributed by atoms with Crippen molar-refractivity contribution in [2.75, 3.05) is 19.5 Å². The normalized spacial score (nSPS) is 10.3. The van der Waals surface area contributed by atoms with E-state index in [2.05, 4.69) is 16.5 Å². The summed E-state index contributed by atoms with van der Waals surface area (Å²) in [7, 11) is 5.20. The van der Waals surface area contributed by atoms with E-state index in [0.29, 0.717) is 12.3 Å². The molecule has 0 saturated heterocycles. The molecule has 0 saturated carbocycles. The van der Waals surface area contributed by atoms with Crippen LogP contribution in [0.1, 0.15) is 11.4 Å². The zero-order valence-electron chi connectivity index (χ0n) is 11.7. The molecule has 2 aromatic rings. The van der Waals surface area contributed by atoms with Crippen LogP contribution in [0.15, 0.2) is 24.3 Å². The molecule has 0 bridgehead atoms. The Kier molecular flexibility index (Phi) is 3.94. The summed E-state index contributed by atoms with van der Waals surface area (Å²) in [6.07, 6.45) is 0. The molecule has 0 amide bonds. The van der Waals surface area contributed by atoms with E-state index in [1.54, 1.807) is 14.2 Å². The van der Waals surface area contributed by atoms with Gasteiger partial charge in [0.15, 0.2) is 11.5 Å². The number of rotatable bonds is 5. The van der Waals surface area contributed by atoms with E-state index in [-0.39, 0.29) is 0 Å². The van der Waals surface area contributed by atoms with Gasteiger partial charge in [0.1, 0.15) is 0 Å². The number of aromatic nitrogens is 2. The van der Waals surface area contributed by atoms with Gasteiger partial charge in [-0.1, -0.05) is 0 Å². The van der Waals surface area contributed by atoms with Crippen molar-refractivity contribution in [2.45, 2.75) is 13.5 Å². The van der Waals surface area contributed by atoms with Crippen LogP contribution in [-0.2, 0) is 13.6 Å². The Hall–Kier alpha value is -2.17. The molecule has 1 heterocycles. The third-order valence-corrected chi connectivity index (χ3v) is 2.96. The first-order chi connectivity index (χ1) is 9.13. The monoisotopic (exact) mass is 261 g/mol. The van der Waals surface area contributed by atoms with E-state index >= 15 is 0 Å². The van der Waals surface area contributed by atoms with Crippen molar-refractivity contribution < 1.29 is 9.47 Å². The zero-order chi connectivity index (χ0) is 13.8. The van der Waals surface area contributed by atoms with Gasteiger partial charge in [-0.15, -0.1) is 0 Å². The van der Waals surface area contributed by atoms with E-state index in [1.807, 2.05) is 36.9 Å². The quantitative estimate of drug-likeness (QED) is 0.897. The topological polar surface area (TPSA) is 48.3 Å². The number of ether oxygens (including phenoxy) is 2. The molecule has 0 fully saturated rings. The Morgan fingerprint density at radius 3 is 2.47 bits per heavy atom. The molecule has 1 aromatic carbocycles. The summed E-state index contributed by atoms with van der Waals surface area (Å²) in [6.45, 7) is 2.70. The van der Waals surface area contributed by atoms with Crippen LogP contribution in [0.4, 0.5) is 5.69 Å². The van der Waals surface area contributed by atoms with Gasteiger partial charge in [-0.3, -0.25) is 4.68 Å². The fourth-order valence-corrected chi connectivity index (χ4v) is 1.97. The predicted molar refractivity (Wildman–Crippen MR) is 74.8 cm³/mol. The number of hydrogen-bond donors (Lipinski definition) is 1. The lowest BCUT2D eigenvalue weighted by molar-refractivity contribution is 0.355. The minimum atomic E-state index is 0.715. The van der Waals surface area contributed by atoms with Gasteiger partial charge in [-0.25, -0.2) is 0 Å². The van der Waals surface area contributed by atoms with Crippen LogP contribution in [0.3, 0.4) is 0 Å². The number of anilines is 1. The number of nitrogens with zero attached hydrogens (tertiary/aromatic N) is 2. The smallest absolute Gasteiger partial charge is 0.162 e. The Morgan fingerprint density at radius 1 is 1.16 bits per heavy atom. The molecule has 2 rings (SSSR count). The van der Waals surface area contributed by atoms with Crippen molar-refractivity contribution in [3.63, 3.8) is 0 Å². The second-order valence-electron chi connectivity index (χ2n) is 4.32. The molecule has 1 aromatic heterocycles. The SMILES string of the molecule is COc1ccc(NCc2cc(C)nn2C)cc1OC. The summed E-state index contributed by atoms with van der Waals surface area (Å²) >= 11 is 0. The highest BCUT2D eigenvalue weighted by molar-refractivity contribution is 5.54. The first-order valence-corrected chi connectivity index (χ1v) is 6.09. The molecule has 19 heavy (non-hydrogen) atoms. The molecular weight excluding hydrogens is 242 g/mol. The van der Waals surface area contributed by atoms with Crippen molar-refractivity contribution >= 4 is 5.69 Å². The molecule has 0 aliphatic rings. The molecule has 5 heteroatoms. The number of methoxy groups -OCH3 is 2. The Morgan fingerprint density at radius 2 is 1.89 bits per heavy atom. The van der Waals surface area contributed by atoms with Gasteiger partial charge in [-0.2, -0.15) is 5.10 Å². The number of hydrogen-bond acceptors (Lipinski definition) is 4. The summed E-state index contributed by atoms with van der Waals surface area (Å²) in [6, 6.07) is 7.83. The highest BCUT2D eigenvalue weighted by Gasteiger charge is 2.05. The average Bonchev–Trinajstić information content (AvgIpc) is 2.74. The third-order valence-electron chi connectivity index (χ3n) is 2.96. The summed E-state index contributed by atoms with van der Waals surface area (Å²) in [4.78, 5) is 0. The van der Waals surface area contributed by atoms with E-state index < -0.39 is 0 Å². The highest BCUT2D eigenvalue weighted by atomic mass is 16.5. The van der Waals surface area contributed by atoms with E-state index in [4.69, 9.17) is 9.47 Å². The van der Waals surface area contributed by atoms with Crippen LogP contribution >= 0.6 is 0 Å². The highest BCUT2D eigenvalue weighted by Crippen LogP contribution is 2.29. The van der Waals surface area contributed by atoms with Crippen LogP contribution in [0.5, 0.6) is 11.5 Å². The fraction of sp³-hybridized carbons (Fsp3) is 0.357. The molecule has 102 valence electrons. The van der Waals surface area contributed by atoms with Gasteiger partial charge in [-0.05, 0) is 25.1 Å². The second kappa shape index (κ2) is 5.65. The maximum atomic E-state index is 5.27. The number of nitrogens with one attached hydrogen (secondary N) is 1. The molecule has 0 atom stereocenters. The molecule has 0 radical (unpaired) electrons. The molecule has 0 aliphatic carbocycles. The average molecular weight is 261 g/mol. The molecule has 1 N–H and O–H groups in total. The number of benzene rings is 1. The van der Waals surface area contributed by atoms with Crippen LogP contribution in [0.25, 0.3) is 0 Å². The summed E-state index contributed by atoms with van der Waals surface area (Å²) < 4.78 is 12.4. The maximum Gasteiger partial charge on any atom is 0.162 e.